The summed E-state index contributed by atoms with van der Waals surface area (Å²) in [5.41, 5.74) is -0.162. The predicted molar refractivity (Wildman–Crippen MR) is 65.8 cm³/mol. The molecule has 0 spiro atoms. The number of aromatic nitrogens is 1. The number of nitrogens with zero attached hydrogens (tertiary/aromatic N) is 1. The summed E-state index contributed by atoms with van der Waals surface area (Å²) in [4.78, 5) is 23.3. The van der Waals surface area contributed by atoms with E-state index < -0.39 is 11.9 Å². The fourth-order valence-corrected chi connectivity index (χ4v) is 1.69. The van der Waals surface area contributed by atoms with E-state index in [0.29, 0.717) is 4.73 Å². The molecule has 20 heavy (non-hydrogen) atoms. The van der Waals surface area contributed by atoms with Crippen LogP contribution in [0.15, 0.2) is 35.1 Å². The molecule has 0 amide bonds. The van der Waals surface area contributed by atoms with Crippen LogP contribution in [0.2, 0.25) is 0 Å². The number of methoxy groups -OCH3 is 2. The van der Waals surface area contributed by atoms with Gasteiger partial charge in [0.2, 0.25) is 0 Å². The van der Waals surface area contributed by atoms with Crippen molar-refractivity contribution in [3.63, 3.8) is 0 Å². The summed E-state index contributed by atoms with van der Waals surface area (Å²) >= 11 is 0. The number of pyridine rings is 1. The van der Waals surface area contributed by atoms with E-state index in [9.17, 15) is 14.8 Å². The first kappa shape index (κ1) is 13.6. The van der Waals surface area contributed by atoms with Gasteiger partial charge in [-0.3, -0.25) is 0 Å². The molecule has 0 saturated carbocycles. The first-order valence-electron chi connectivity index (χ1n) is 5.56. The molecule has 2 aromatic heterocycles. The molecule has 0 saturated heterocycles. The second-order valence-corrected chi connectivity index (χ2v) is 3.77. The van der Waals surface area contributed by atoms with Gasteiger partial charge >= 0.3 is 11.9 Å². The van der Waals surface area contributed by atoms with Gasteiger partial charge in [-0.25, -0.2) is 9.59 Å². The molecule has 0 unspecified atom stereocenters. The van der Waals surface area contributed by atoms with Gasteiger partial charge < -0.3 is 19.1 Å². The average Bonchev–Trinajstić information content (AvgIpc) is 2.99. The zero-order chi connectivity index (χ0) is 14.7. The van der Waals surface area contributed by atoms with Crippen LogP contribution in [0.1, 0.15) is 20.7 Å². The first-order valence-corrected chi connectivity index (χ1v) is 5.56. The molecule has 0 radical (unpaired) electrons. The molecular formula is C13H11NO6. The molecule has 0 atom stereocenters. The summed E-state index contributed by atoms with van der Waals surface area (Å²) in [5, 5.41) is 11.9. The Balaban J connectivity index is 2.64. The maximum absolute atomic E-state index is 11.9. The molecule has 104 valence electrons. The molecule has 0 aliphatic heterocycles. The monoisotopic (exact) mass is 277 g/mol. The Labute approximate surface area is 113 Å². The van der Waals surface area contributed by atoms with E-state index in [2.05, 4.69) is 9.47 Å². The van der Waals surface area contributed by atoms with Crippen LogP contribution < -0.4 is 4.73 Å². The molecular weight excluding hydrogens is 266 g/mol. The van der Waals surface area contributed by atoms with Gasteiger partial charge in [-0.1, -0.05) is 0 Å². The van der Waals surface area contributed by atoms with Gasteiger partial charge in [0.25, 0.3) is 5.69 Å². The fraction of sp³-hybridized carbons (Fsp3) is 0.154. The Hall–Kier alpha value is -2.83. The highest BCUT2D eigenvalue weighted by Gasteiger charge is 2.26. The highest BCUT2D eigenvalue weighted by Crippen LogP contribution is 2.20. The van der Waals surface area contributed by atoms with E-state index in [-0.39, 0.29) is 22.6 Å². The Morgan fingerprint density at radius 3 is 2.40 bits per heavy atom. The maximum atomic E-state index is 11.9. The number of furan rings is 1. The van der Waals surface area contributed by atoms with Crippen LogP contribution in [-0.2, 0) is 9.47 Å². The Bertz CT molecular complexity index is 647. The molecule has 0 bridgehead atoms. The molecule has 2 aromatic rings. The number of esters is 2. The van der Waals surface area contributed by atoms with Crippen molar-refractivity contribution in [1.29, 1.82) is 0 Å². The number of ether oxygens (including phenoxy) is 2. The van der Waals surface area contributed by atoms with E-state index in [1.54, 1.807) is 12.1 Å². The van der Waals surface area contributed by atoms with Crippen LogP contribution in [0.3, 0.4) is 0 Å². The van der Waals surface area contributed by atoms with Crippen molar-refractivity contribution in [1.82, 2.24) is 0 Å². The highest BCUT2D eigenvalue weighted by atomic mass is 16.5. The van der Waals surface area contributed by atoms with Crippen molar-refractivity contribution >= 4 is 11.9 Å². The van der Waals surface area contributed by atoms with Crippen LogP contribution in [0.4, 0.5) is 0 Å². The molecule has 2 rings (SSSR count). The molecule has 0 aliphatic rings. The quantitative estimate of drug-likeness (QED) is 0.474. The summed E-state index contributed by atoms with van der Waals surface area (Å²) in [6.07, 6.45) is 2.34. The largest absolute Gasteiger partial charge is 0.618 e. The highest BCUT2D eigenvalue weighted by molar-refractivity contribution is 6.03. The van der Waals surface area contributed by atoms with Gasteiger partial charge in [0, 0.05) is 6.07 Å². The van der Waals surface area contributed by atoms with Crippen molar-refractivity contribution in [3.8, 4) is 11.5 Å². The number of hydrogen-bond donors (Lipinski definition) is 0. The Morgan fingerprint density at radius 2 is 1.85 bits per heavy atom. The number of carbonyl (C=O) groups is 2. The standard InChI is InChI=1S/C13H11NO6/c1-18-12(15)8-6-10(11-4-3-5-20-11)14(17)7-9(8)13(16)19-2/h3-7H,1-2H3. The molecule has 7 heteroatoms. The van der Waals surface area contributed by atoms with Crippen molar-refractivity contribution < 1.29 is 28.2 Å². The van der Waals surface area contributed by atoms with Gasteiger partial charge in [-0.15, -0.1) is 0 Å². The molecule has 0 aromatic carbocycles. The number of carbonyl (C=O) groups excluding carboxylic acids is 2. The van der Waals surface area contributed by atoms with Gasteiger partial charge in [0.05, 0.1) is 26.0 Å². The molecule has 0 N–H and O–H groups in total. The first-order chi connectivity index (χ1) is 9.58. The van der Waals surface area contributed by atoms with Gasteiger partial charge in [0.1, 0.15) is 5.56 Å². The van der Waals surface area contributed by atoms with Crippen LogP contribution in [0.5, 0.6) is 0 Å². The molecule has 2 heterocycles. The second kappa shape index (κ2) is 5.43. The fourth-order valence-electron chi connectivity index (χ4n) is 1.69. The number of rotatable bonds is 3. The van der Waals surface area contributed by atoms with E-state index >= 15 is 0 Å². The third kappa shape index (κ3) is 2.33. The van der Waals surface area contributed by atoms with E-state index in [0.717, 1.165) is 13.3 Å². The molecule has 7 nitrogen and oxygen atoms in total. The van der Waals surface area contributed by atoms with E-state index in [1.807, 2.05) is 0 Å². The van der Waals surface area contributed by atoms with Crippen LogP contribution in [-0.4, -0.2) is 26.2 Å². The summed E-state index contributed by atoms with van der Waals surface area (Å²) in [6.45, 7) is 0. The lowest BCUT2D eigenvalue weighted by Gasteiger charge is -2.08. The van der Waals surface area contributed by atoms with Gasteiger partial charge in [-0.05, 0) is 12.1 Å². The van der Waals surface area contributed by atoms with Gasteiger partial charge in [-0.2, -0.15) is 4.73 Å². The summed E-state index contributed by atoms with van der Waals surface area (Å²) in [7, 11) is 2.33. The van der Waals surface area contributed by atoms with Crippen LogP contribution >= 0.6 is 0 Å². The third-order valence-corrected chi connectivity index (χ3v) is 2.64. The summed E-state index contributed by atoms with van der Waals surface area (Å²) in [6, 6.07) is 4.38. The smallest absolute Gasteiger partial charge is 0.344 e. The SMILES string of the molecule is COC(=O)c1cc(-c2ccco2)[n+]([O-])cc1C(=O)OC. The van der Waals surface area contributed by atoms with E-state index in [1.165, 1.54) is 19.4 Å². The maximum Gasteiger partial charge on any atom is 0.344 e. The average molecular weight is 277 g/mol. The van der Waals surface area contributed by atoms with Crippen molar-refractivity contribution in [3.05, 3.63) is 47.0 Å². The predicted octanol–water partition coefficient (Wildman–Crippen LogP) is 1.15. The Morgan fingerprint density at radius 1 is 1.20 bits per heavy atom. The summed E-state index contributed by atoms with van der Waals surface area (Å²) < 4.78 is 14.7. The lowest BCUT2D eigenvalue weighted by Crippen LogP contribution is -2.32. The zero-order valence-electron chi connectivity index (χ0n) is 10.8. The van der Waals surface area contributed by atoms with Crippen LogP contribution in [0, 0.1) is 5.21 Å². The lowest BCUT2D eigenvalue weighted by atomic mass is 10.1. The Kier molecular flexibility index (Phi) is 3.69. The van der Waals surface area contributed by atoms with Crippen molar-refractivity contribution in [2.24, 2.45) is 0 Å². The second-order valence-electron chi connectivity index (χ2n) is 3.77. The van der Waals surface area contributed by atoms with E-state index in [4.69, 9.17) is 4.42 Å². The lowest BCUT2D eigenvalue weighted by molar-refractivity contribution is -0.594. The van der Waals surface area contributed by atoms with Gasteiger partial charge in [0.15, 0.2) is 12.0 Å². The minimum absolute atomic E-state index is 0.0714. The minimum atomic E-state index is -0.805. The van der Waals surface area contributed by atoms with Crippen molar-refractivity contribution in [2.75, 3.05) is 14.2 Å². The normalized spacial score (nSPS) is 10.1. The van der Waals surface area contributed by atoms with Crippen LogP contribution in [0.25, 0.3) is 11.5 Å². The molecule has 0 aliphatic carbocycles. The topological polar surface area (TPSA) is 92.7 Å². The minimum Gasteiger partial charge on any atom is -0.618 e. The van der Waals surface area contributed by atoms with Crippen molar-refractivity contribution in [2.45, 2.75) is 0 Å². The third-order valence-electron chi connectivity index (χ3n) is 2.64. The molecule has 0 fully saturated rings. The summed E-state index contributed by atoms with van der Waals surface area (Å²) in [5.74, 6) is -1.29. The zero-order valence-corrected chi connectivity index (χ0v) is 10.8. The number of hydrogen-bond acceptors (Lipinski definition) is 6.